The number of ether oxygens (including phenoxy) is 3. The van der Waals surface area contributed by atoms with E-state index in [1.807, 2.05) is 37.3 Å². The molecule has 1 aromatic heterocycles. The van der Waals surface area contributed by atoms with Crippen LogP contribution in [0, 0.1) is 6.92 Å². The minimum Gasteiger partial charge on any atom is -0.497 e. The number of benzene rings is 2. The molecule has 2 aromatic carbocycles. The molecule has 0 spiro atoms. The SMILES string of the molecule is COc1cc(OC)cc(C2(O)CCN(c3cc(C)nc4c(OC)cccc34)CC2)c1. The Balaban J connectivity index is 1.64. The van der Waals surface area contributed by atoms with Gasteiger partial charge in [-0.25, -0.2) is 4.98 Å². The quantitative estimate of drug-likeness (QED) is 0.687. The molecule has 0 unspecified atom stereocenters. The van der Waals surface area contributed by atoms with Gasteiger partial charge in [0.25, 0.3) is 0 Å². The van der Waals surface area contributed by atoms with Crippen LogP contribution < -0.4 is 19.1 Å². The van der Waals surface area contributed by atoms with Crippen molar-refractivity contribution < 1.29 is 19.3 Å². The average Bonchev–Trinajstić information content (AvgIpc) is 2.78. The lowest BCUT2D eigenvalue weighted by Gasteiger charge is -2.40. The summed E-state index contributed by atoms with van der Waals surface area (Å²) in [6.07, 6.45) is 1.21. The molecule has 0 radical (unpaired) electrons. The van der Waals surface area contributed by atoms with E-state index in [0.29, 0.717) is 24.3 Å². The molecule has 4 rings (SSSR count). The van der Waals surface area contributed by atoms with Gasteiger partial charge in [0.1, 0.15) is 22.8 Å². The summed E-state index contributed by atoms with van der Waals surface area (Å²) in [6.45, 7) is 3.45. The summed E-state index contributed by atoms with van der Waals surface area (Å²) in [5.41, 5.74) is 2.85. The first kappa shape index (κ1) is 20.3. The first-order valence-electron chi connectivity index (χ1n) is 10.1. The van der Waals surface area contributed by atoms with E-state index in [0.717, 1.165) is 46.7 Å². The number of aromatic nitrogens is 1. The minimum absolute atomic E-state index is 0.607. The molecule has 0 aliphatic carbocycles. The topological polar surface area (TPSA) is 64.0 Å². The molecule has 1 aliphatic rings. The second kappa shape index (κ2) is 8.03. The molecule has 158 valence electrons. The Bertz CT molecular complexity index is 1040. The summed E-state index contributed by atoms with van der Waals surface area (Å²) >= 11 is 0. The Hall–Kier alpha value is -2.99. The fraction of sp³-hybridized carbons (Fsp3) is 0.375. The van der Waals surface area contributed by atoms with Crippen LogP contribution in [0.3, 0.4) is 0 Å². The van der Waals surface area contributed by atoms with Crippen LogP contribution in [-0.4, -0.2) is 44.5 Å². The zero-order valence-electron chi connectivity index (χ0n) is 17.9. The van der Waals surface area contributed by atoms with Gasteiger partial charge in [0.15, 0.2) is 0 Å². The molecule has 0 bridgehead atoms. The van der Waals surface area contributed by atoms with Crippen molar-refractivity contribution in [2.75, 3.05) is 39.3 Å². The Kier molecular flexibility index (Phi) is 5.43. The van der Waals surface area contributed by atoms with Crippen molar-refractivity contribution in [2.24, 2.45) is 0 Å². The molecule has 6 heteroatoms. The maximum Gasteiger partial charge on any atom is 0.145 e. The highest BCUT2D eigenvalue weighted by molar-refractivity contribution is 5.95. The zero-order chi connectivity index (χ0) is 21.3. The molecule has 1 N–H and O–H groups in total. The van der Waals surface area contributed by atoms with E-state index in [1.54, 1.807) is 21.3 Å². The lowest BCUT2D eigenvalue weighted by atomic mass is 9.84. The number of anilines is 1. The van der Waals surface area contributed by atoms with E-state index in [-0.39, 0.29) is 0 Å². The smallest absolute Gasteiger partial charge is 0.145 e. The average molecular weight is 408 g/mol. The van der Waals surface area contributed by atoms with Crippen LogP contribution in [0.1, 0.15) is 24.1 Å². The van der Waals surface area contributed by atoms with Crippen molar-refractivity contribution in [3.63, 3.8) is 0 Å². The fourth-order valence-corrected chi connectivity index (χ4v) is 4.24. The van der Waals surface area contributed by atoms with Crippen LogP contribution in [0.2, 0.25) is 0 Å². The maximum absolute atomic E-state index is 11.4. The highest BCUT2D eigenvalue weighted by Gasteiger charge is 2.35. The van der Waals surface area contributed by atoms with Gasteiger partial charge in [-0.15, -0.1) is 0 Å². The second-order valence-corrected chi connectivity index (χ2v) is 7.76. The Morgan fingerprint density at radius 3 is 2.20 bits per heavy atom. The number of hydrogen-bond acceptors (Lipinski definition) is 6. The molecular weight excluding hydrogens is 380 g/mol. The third-order valence-electron chi connectivity index (χ3n) is 5.95. The molecule has 2 heterocycles. The van der Waals surface area contributed by atoms with E-state index < -0.39 is 5.60 Å². The van der Waals surface area contributed by atoms with Gasteiger partial charge >= 0.3 is 0 Å². The predicted octanol–water partition coefficient (Wildman–Crippen LogP) is 4.06. The third kappa shape index (κ3) is 3.63. The van der Waals surface area contributed by atoms with Gasteiger partial charge in [0, 0.05) is 35.9 Å². The van der Waals surface area contributed by atoms with Gasteiger partial charge in [-0.05, 0) is 49.6 Å². The summed E-state index contributed by atoms with van der Waals surface area (Å²) in [4.78, 5) is 7.01. The van der Waals surface area contributed by atoms with Gasteiger partial charge in [0.05, 0.1) is 26.9 Å². The number of rotatable bonds is 5. The van der Waals surface area contributed by atoms with Gasteiger partial charge in [-0.1, -0.05) is 12.1 Å². The van der Waals surface area contributed by atoms with Crippen molar-refractivity contribution in [1.29, 1.82) is 0 Å². The molecule has 1 fully saturated rings. The number of methoxy groups -OCH3 is 3. The Morgan fingerprint density at radius 1 is 0.933 bits per heavy atom. The van der Waals surface area contributed by atoms with E-state index in [2.05, 4.69) is 22.0 Å². The van der Waals surface area contributed by atoms with Crippen molar-refractivity contribution in [3.05, 3.63) is 53.7 Å². The van der Waals surface area contributed by atoms with E-state index >= 15 is 0 Å². The van der Waals surface area contributed by atoms with Crippen molar-refractivity contribution in [2.45, 2.75) is 25.4 Å². The lowest BCUT2D eigenvalue weighted by molar-refractivity contribution is 0.0114. The highest BCUT2D eigenvalue weighted by Crippen LogP contribution is 2.40. The number of piperidine rings is 1. The molecule has 3 aromatic rings. The number of para-hydroxylation sites is 1. The predicted molar refractivity (Wildman–Crippen MR) is 118 cm³/mol. The highest BCUT2D eigenvalue weighted by atomic mass is 16.5. The number of aliphatic hydroxyl groups is 1. The number of hydrogen-bond donors (Lipinski definition) is 1. The number of fused-ring (bicyclic) bond motifs is 1. The van der Waals surface area contributed by atoms with Gasteiger partial charge in [0.2, 0.25) is 0 Å². The molecule has 1 saturated heterocycles. The minimum atomic E-state index is -0.923. The summed E-state index contributed by atoms with van der Waals surface area (Å²) < 4.78 is 16.3. The van der Waals surface area contributed by atoms with E-state index in [4.69, 9.17) is 14.2 Å². The molecule has 0 saturated carbocycles. The monoisotopic (exact) mass is 408 g/mol. The zero-order valence-corrected chi connectivity index (χ0v) is 17.9. The first-order valence-corrected chi connectivity index (χ1v) is 10.1. The normalized spacial score (nSPS) is 15.8. The van der Waals surface area contributed by atoms with Crippen LogP contribution in [0.25, 0.3) is 10.9 Å². The summed E-state index contributed by atoms with van der Waals surface area (Å²) in [6, 6.07) is 13.7. The lowest BCUT2D eigenvalue weighted by Crippen LogP contribution is -2.42. The molecular formula is C24H28N2O4. The largest absolute Gasteiger partial charge is 0.497 e. The van der Waals surface area contributed by atoms with Gasteiger partial charge < -0.3 is 24.2 Å². The summed E-state index contributed by atoms with van der Waals surface area (Å²) in [5, 5.41) is 12.5. The molecule has 6 nitrogen and oxygen atoms in total. The summed E-state index contributed by atoms with van der Waals surface area (Å²) in [5.74, 6) is 2.14. The number of aryl methyl sites for hydroxylation is 1. The first-order chi connectivity index (χ1) is 14.5. The molecule has 0 atom stereocenters. The maximum atomic E-state index is 11.4. The van der Waals surface area contributed by atoms with E-state index in [9.17, 15) is 5.11 Å². The second-order valence-electron chi connectivity index (χ2n) is 7.76. The standard InChI is InChI=1S/C24H28N2O4/c1-16-12-21(20-6-5-7-22(30-4)23(20)25-16)26-10-8-24(27,9-11-26)17-13-18(28-2)15-19(14-17)29-3/h5-7,12-15,27H,8-11H2,1-4H3. The molecule has 0 amide bonds. The number of pyridine rings is 1. The van der Waals surface area contributed by atoms with Crippen LogP contribution in [0.5, 0.6) is 17.2 Å². The van der Waals surface area contributed by atoms with Crippen LogP contribution in [-0.2, 0) is 5.60 Å². The van der Waals surface area contributed by atoms with Crippen molar-refractivity contribution in [1.82, 2.24) is 4.98 Å². The van der Waals surface area contributed by atoms with Gasteiger partial charge in [-0.2, -0.15) is 0 Å². The fourth-order valence-electron chi connectivity index (χ4n) is 4.24. The number of nitrogens with zero attached hydrogens (tertiary/aromatic N) is 2. The third-order valence-corrected chi connectivity index (χ3v) is 5.95. The molecule has 1 aliphatic heterocycles. The molecule has 30 heavy (non-hydrogen) atoms. The Labute approximate surface area is 177 Å². The van der Waals surface area contributed by atoms with Crippen LogP contribution in [0.15, 0.2) is 42.5 Å². The van der Waals surface area contributed by atoms with Crippen molar-refractivity contribution in [3.8, 4) is 17.2 Å². The van der Waals surface area contributed by atoms with Crippen molar-refractivity contribution >= 4 is 16.6 Å². The van der Waals surface area contributed by atoms with Crippen LogP contribution in [0.4, 0.5) is 5.69 Å². The van der Waals surface area contributed by atoms with E-state index in [1.165, 1.54) is 0 Å². The van der Waals surface area contributed by atoms with Crippen LogP contribution >= 0.6 is 0 Å². The Morgan fingerprint density at radius 2 is 1.60 bits per heavy atom. The van der Waals surface area contributed by atoms with Gasteiger partial charge in [-0.3, -0.25) is 0 Å². The summed E-state index contributed by atoms with van der Waals surface area (Å²) in [7, 11) is 4.91.